The predicted molar refractivity (Wildman–Crippen MR) is 40.3 cm³/mol. The Morgan fingerprint density at radius 2 is 1.92 bits per heavy atom. The highest BCUT2D eigenvalue weighted by Crippen LogP contribution is 2.01. The summed E-state index contributed by atoms with van der Waals surface area (Å²) < 4.78 is 0. The molecule has 0 fully saturated rings. The van der Waals surface area contributed by atoms with Gasteiger partial charge in [-0.2, -0.15) is 0 Å². The first kappa shape index (κ1) is 12.4. The molecule has 0 amide bonds. The lowest BCUT2D eigenvalue weighted by molar-refractivity contribution is -0.144. The van der Waals surface area contributed by atoms with Crippen molar-refractivity contribution in [2.24, 2.45) is 5.90 Å². The van der Waals surface area contributed by atoms with Crippen molar-refractivity contribution in [1.29, 1.82) is 0 Å². The van der Waals surface area contributed by atoms with Gasteiger partial charge in [0, 0.05) is 0 Å². The van der Waals surface area contributed by atoms with Crippen molar-refractivity contribution in [1.82, 2.24) is 0 Å². The summed E-state index contributed by atoms with van der Waals surface area (Å²) >= 11 is 0. The van der Waals surface area contributed by atoms with Gasteiger partial charge in [-0.15, -0.1) is 0 Å². The van der Waals surface area contributed by atoms with E-state index in [9.17, 15) is 4.79 Å². The van der Waals surface area contributed by atoms with Crippen molar-refractivity contribution < 1.29 is 30.1 Å². The lowest BCUT2D eigenvalue weighted by Gasteiger charge is -2.19. The van der Waals surface area contributed by atoms with E-state index in [0.29, 0.717) is 0 Å². The molecule has 7 heteroatoms. The number of nitrogens with two attached hydrogens (primary N) is 1. The Morgan fingerprint density at radius 3 is 2.31 bits per heavy atom. The first-order chi connectivity index (χ1) is 6.04. The molecule has 0 heterocycles. The summed E-state index contributed by atoms with van der Waals surface area (Å²) in [4.78, 5) is 14.7. The number of carbonyl (C=O) groups is 1. The van der Waals surface area contributed by atoms with Crippen LogP contribution in [0.3, 0.4) is 0 Å². The summed E-state index contributed by atoms with van der Waals surface area (Å²) in [6.45, 7) is -1.33. The van der Waals surface area contributed by atoms with Crippen LogP contribution in [-0.2, 0) is 9.63 Å². The van der Waals surface area contributed by atoms with Gasteiger partial charge < -0.3 is 20.4 Å². The van der Waals surface area contributed by atoms with E-state index in [4.69, 9.17) is 20.4 Å². The Labute approximate surface area is 74.3 Å². The van der Waals surface area contributed by atoms with Crippen LogP contribution in [0.15, 0.2) is 0 Å². The number of rotatable bonds is 6. The minimum atomic E-state index is -1.81. The predicted octanol–water partition coefficient (Wildman–Crippen LogP) is -3.48. The molecule has 0 aromatic rings. The molecule has 0 rings (SSSR count). The maximum atomic E-state index is 10.8. The van der Waals surface area contributed by atoms with Crippen LogP contribution in [0.5, 0.6) is 0 Å². The van der Waals surface area contributed by atoms with Crippen molar-refractivity contribution in [3.05, 3.63) is 0 Å². The molecule has 0 saturated carbocycles. The van der Waals surface area contributed by atoms with Crippen molar-refractivity contribution in [3.8, 4) is 0 Å². The summed E-state index contributed by atoms with van der Waals surface area (Å²) in [7, 11) is 0. The van der Waals surface area contributed by atoms with E-state index in [1.165, 1.54) is 0 Å². The van der Waals surface area contributed by atoms with E-state index in [0.717, 1.165) is 0 Å². The molecule has 0 aliphatic heterocycles. The average molecular weight is 195 g/mol. The molecule has 0 aliphatic carbocycles. The highest BCUT2D eigenvalue weighted by atomic mass is 16.6. The molecule has 0 spiro atoms. The lowest BCUT2D eigenvalue weighted by atomic mass is 10.1. The third-order valence-electron chi connectivity index (χ3n) is 1.46. The molecule has 6 N–H and O–H groups in total. The Hall–Kier alpha value is -0.570. The van der Waals surface area contributed by atoms with Gasteiger partial charge in [0.15, 0.2) is 5.78 Å². The van der Waals surface area contributed by atoms with E-state index >= 15 is 0 Å². The molecule has 13 heavy (non-hydrogen) atoms. The third-order valence-corrected chi connectivity index (χ3v) is 1.46. The van der Waals surface area contributed by atoms with Gasteiger partial charge in [-0.3, -0.25) is 9.63 Å². The quantitative estimate of drug-likeness (QED) is 0.278. The molecule has 0 radical (unpaired) electrons. The zero-order valence-electron chi connectivity index (χ0n) is 6.83. The lowest BCUT2D eigenvalue weighted by Crippen LogP contribution is -2.45. The van der Waals surface area contributed by atoms with Crippen LogP contribution >= 0.6 is 0 Å². The minimum absolute atomic E-state index is 0.573. The van der Waals surface area contributed by atoms with Gasteiger partial charge in [0.1, 0.15) is 24.9 Å². The zero-order chi connectivity index (χ0) is 10.4. The molecule has 0 aromatic heterocycles. The highest BCUT2D eigenvalue weighted by molar-refractivity contribution is 5.84. The van der Waals surface area contributed by atoms with Crippen LogP contribution in [0.2, 0.25) is 0 Å². The molecule has 0 bridgehead atoms. The Kier molecular flexibility index (Phi) is 5.71. The van der Waals surface area contributed by atoms with Gasteiger partial charge in [-0.05, 0) is 0 Å². The summed E-state index contributed by atoms with van der Waals surface area (Å²) in [6, 6.07) is 0. The van der Waals surface area contributed by atoms with E-state index in [1.807, 2.05) is 0 Å². The summed E-state index contributed by atoms with van der Waals surface area (Å²) in [5.41, 5.74) is 0. The molecule has 0 unspecified atom stereocenters. The van der Waals surface area contributed by atoms with Crippen molar-refractivity contribution in [3.63, 3.8) is 0 Å². The molecule has 3 atom stereocenters. The molecular formula is C6H13NO6. The number of ketones is 1. The fraction of sp³-hybridized carbons (Fsp3) is 0.833. The zero-order valence-corrected chi connectivity index (χ0v) is 6.83. The van der Waals surface area contributed by atoms with E-state index < -0.39 is 37.3 Å². The second kappa shape index (κ2) is 5.97. The molecule has 0 aromatic carbocycles. The Balaban J connectivity index is 4.07. The fourth-order valence-corrected chi connectivity index (χ4v) is 0.676. The topological polar surface area (TPSA) is 133 Å². The number of carbonyl (C=O) groups excluding carboxylic acids is 1. The number of aliphatic hydroxyl groups excluding tert-OH is 4. The maximum absolute atomic E-state index is 10.8. The monoisotopic (exact) mass is 195 g/mol. The van der Waals surface area contributed by atoms with Crippen molar-refractivity contribution in [2.75, 3.05) is 13.2 Å². The molecule has 0 saturated heterocycles. The normalized spacial score (nSPS) is 17.9. The van der Waals surface area contributed by atoms with E-state index in [1.54, 1.807) is 0 Å². The standard InChI is InChI=1S/C6H13NO6/c7-13-2-4(10)6(12)5(11)3(9)1-8/h3,5-6,8-9,11-12H,1-2,7H2/t3-,5+,6+/m0/s1. The summed E-state index contributed by atoms with van der Waals surface area (Å²) in [5, 5.41) is 35.2. The highest BCUT2D eigenvalue weighted by Gasteiger charge is 2.29. The Bertz CT molecular complexity index is 163. The smallest absolute Gasteiger partial charge is 0.191 e. The van der Waals surface area contributed by atoms with Gasteiger partial charge in [0.2, 0.25) is 0 Å². The summed E-state index contributed by atoms with van der Waals surface area (Å²) in [5.74, 6) is 3.68. The number of aliphatic hydroxyl groups is 4. The second-order valence-corrected chi connectivity index (χ2v) is 2.46. The fourth-order valence-electron chi connectivity index (χ4n) is 0.676. The van der Waals surface area contributed by atoms with Crippen LogP contribution in [0.1, 0.15) is 0 Å². The molecular weight excluding hydrogens is 182 g/mol. The van der Waals surface area contributed by atoms with Gasteiger partial charge in [-0.25, -0.2) is 5.90 Å². The van der Waals surface area contributed by atoms with E-state index in [2.05, 4.69) is 10.7 Å². The average Bonchev–Trinajstić information content (AvgIpc) is 2.14. The van der Waals surface area contributed by atoms with Crippen LogP contribution < -0.4 is 5.90 Å². The first-order valence-electron chi connectivity index (χ1n) is 3.54. The van der Waals surface area contributed by atoms with Crippen LogP contribution in [0.4, 0.5) is 0 Å². The minimum Gasteiger partial charge on any atom is -0.394 e. The SMILES string of the molecule is NOCC(=O)[C@@H](O)[C@H](O)[C@@H](O)CO. The van der Waals surface area contributed by atoms with Crippen molar-refractivity contribution >= 4 is 5.78 Å². The van der Waals surface area contributed by atoms with Gasteiger partial charge in [0.05, 0.1) is 6.61 Å². The first-order valence-corrected chi connectivity index (χ1v) is 3.54. The third kappa shape index (κ3) is 3.77. The van der Waals surface area contributed by atoms with Crippen LogP contribution in [0, 0.1) is 0 Å². The number of Topliss-reactive ketones (excluding diaryl/α,β-unsaturated/α-hetero) is 1. The second-order valence-electron chi connectivity index (χ2n) is 2.46. The van der Waals surface area contributed by atoms with Gasteiger partial charge >= 0.3 is 0 Å². The van der Waals surface area contributed by atoms with E-state index in [-0.39, 0.29) is 0 Å². The maximum Gasteiger partial charge on any atom is 0.191 e. The number of hydrogen-bond donors (Lipinski definition) is 5. The van der Waals surface area contributed by atoms with Gasteiger partial charge in [-0.1, -0.05) is 0 Å². The summed E-state index contributed by atoms with van der Waals surface area (Å²) in [6.07, 6.45) is -5.13. The largest absolute Gasteiger partial charge is 0.394 e. The van der Waals surface area contributed by atoms with Gasteiger partial charge in [0.25, 0.3) is 0 Å². The molecule has 78 valence electrons. The Morgan fingerprint density at radius 1 is 1.38 bits per heavy atom. The number of hydrogen-bond acceptors (Lipinski definition) is 7. The molecule has 7 nitrogen and oxygen atoms in total. The molecule has 0 aliphatic rings. The van der Waals surface area contributed by atoms with Crippen LogP contribution in [0.25, 0.3) is 0 Å². The van der Waals surface area contributed by atoms with Crippen molar-refractivity contribution in [2.45, 2.75) is 18.3 Å². The van der Waals surface area contributed by atoms with Crippen LogP contribution in [-0.4, -0.2) is 57.7 Å².